The topological polar surface area (TPSA) is 53.5 Å². The number of halogens is 1. The van der Waals surface area contributed by atoms with Gasteiger partial charge in [0.05, 0.1) is 6.54 Å². The maximum atomic E-state index is 12.0. The van der Waals surface area contributed by atoms with E-state index in [1.807, 2.05) is 20.8 Å². The fraction of sp³-hybridized carbons (Fsp3) is 0.941. The van der Waals surface area contributed by atoms with Gasteiger partial charge in [-0.25, -0.2) is 0 Å². The second-order valence-corrected chi connectivity index (χ2v) is 10.4. The average Bonchev–Trinajstić information content (AvgIpc) is 2.34. The maximum absolute atomic E-state index is 12.0. The summed E-state index contributed by atoms with van der Waals surface area (Å²) < 4.78 is 11.9. The second-order valence-electron chi connectivity index (χ2n) is 8.07. The van der Waals surface area contributed by atoms with E-state index in [9.17, 15) is 4.21 Å². The Kier molecular flexibility index (Phi) is 12.9. The smallest absolute Gasteiger partial charge is 0.191 e. The van der Waals surface area contributed by atoms with Crippen LogP contribution in [0.1, 0.15) is 68.2 Å². The van der Waals surface area contributed by atoms with Gasteiger partial charge < -0.3 is 10.6 Å². The maximum Gasteiger partial charge on any atom is 0.191 e. The molecule has 0 bridgehead atoms. The molecular formula is C17H38IN3OS. The fourth-order valence-corrected chi connectivity index (χ4v) is 2.69. The van der Waals surface area contributed by atoms with E-state index in [2.05, 4.69) is 50.2 Å². The number of nitrogens with one attached hydrogen (secondary N) is 2. The molecule has 0 heterocycles. The first kappa shape index (κ1) is 25.4. The van der Waals surface area contributed by atoms with E-state index in [4.69, 9.17) is 0 Å². The van der Waals surface area contributed by atoms with Crippen LogP contribution in [0.5, 0.6) is 0 Å². The third-order valence-electron chi connectivity index (χ3n) is 3.28. The van der Waals surface area contributed by atoms with E-state index in [-0.39, 0.29) is 28.7 Å². The van der Waals surface area contributed by atoms with Crippen LogP contribution in [0, 0.1) is 5.41 Å². The molecule has 0 aromatic carbocycles. The molecule has 0 spiro atoms. The lowest BCUT2D eigenvalue weighted by Crippen LogP contribution is -2.42. The van der Waals surface area contributed by atoms with Gasteiger partial charge in [-0.05, 0) is 52.9 Å². The van der Waals surface area contributed by atoms with Gasteiger partial charge in [-0.1, -0.05) is 20.8 Å². The number of aliphatic imine (C=N–C) groups is 1. The van der Waals surface area contributed by atoms with Crippen LogP contribution in [-0.4, -0.2) is 39.8 Å². The normalized spacial score (nSPS) is 15.6. The van der Waals surface area contributed by atoms with Crippen LogP contribution in [-0.2, 0) is 10.8 Å². The summed E-state index contributed by atoms with van der Waals surface area (Å²) in [6, 6.07) is 0.380. The Balaban J connectivity index is 0. The average molecular weight is 459 g/mol. The predicted octanol–water partition coefficient (Wildman–Crippen LogP) is 3.92. The summed E-state index contributed by atoms with van der Waals surface area (Å²) in [5.74, 6) is 1.44. The summed E-state index contributed by atoms with van der Waals surface area (Å²) in [4.78, 5) is 4.55. The van der Waals surface area contributed by atoms with Crippen molar-refractivity contribution in [1.29, 1.82) is 0 Å². The van der Waals surface area contributed by atoms with Gasteiger partial charge >= 0.3 is 0 Å². The first-order chi connectivity index (χ1) is 9.95. The Morgan fingerprint density at radius 1 is 1.17 bits per heavy atom. The van der Waals surface area contributed by atoms with Crippen LogP contribution < -0.4 is 10.6 Å². The van der Waals surface area contributed by atoms with E-state index in [1.54, 1.807) is 0 Å². The Morgan fingerprint density at radius 3 is 2.17 bits per heavy atom. The molecule has 0 saturated carbocycles. The van der Waals surface area contributed by atoms with Crippen molar-refractivity contribution in [1.82, 2.24) is 10.6 Å². The third kappa shape index (κ3) is 14.2. The van der Waals surface area contributed by atoms with Crippen LogP contribution in [0.2, 0.25) is 0 Å². The number of guanidine groups is 1. The second kappa shape index (κ2) is 11.7. The van der Waals surface area contributed by atoms with Crippen LogP contribution in [0.4, 0.5) is 0 Å². The van der Waals surface area contributed by atoms with Crippen molar-refractivity contribution >= 4 is 40.7 Å². The Labute approximate surface area is 163 Å². The molecule has 0 aliphatic carbocycles. The molecule has 4 nitrogen and oxygen atoms in total. The molecule has 0 amide bonds. The van der Waals surface area contributed by atoms with Gasteiger partial charge in [0.15, 0.2) is 5.96 Å². The molecule has 2 N–H and O–H groups in total. The van der Waals surface area contributed by atoms with E-state index in [1.165, 1.54) is 6.42 Å². The highest BCUT2D eigenvalue weighted by Gasteiger charge is 2.18. The van der Waals surface area contributed by atoms with Crippen molar-refractivity contribution < 1.29 is 4.21 Å². The summed E-state index contributed by atoms with van der Waals surface area (Å²) >= 11 is 0. The van der Waals surface area contributed by atoms with Gasteiger partial charge in [0, 0.05) is 33.9 Å². The summed E-state index contributed by atoms with van der Waals surface area (Å²) in [7, 11) is -0.848. The van der Waals surface area contributed by atoms with Crippen molar-refractivity contribution in [3.05, 3.63) is 0 Å². The molecule has 0 aromatic rings. The van der Waals surface area contributed by atoms with Gasteiger partial charge in [0.1, 0.15) is 0 Å². The first-order valence-corrected chi connectivity index (χ1v) is 9.71. The SMILES string of the molecule is CCNC(=NCCS(=O)C(C)(C)C)NC(C)CCC(C)(C)C.I. The predicted molar refractivity (Wildman–Crippen MR) is 115 cm³/mol. The molecule has 140 valence electrons. The zero-order chi connectivity index (χ0) is 17.4. The van der Waals surface area contributed by atoms with Crippen molar-refractivity contribution in [2.75, 3.05) is 18.8 Å². The van der Waals surface area contributed by atoms with Gasteiger partial charge in [-0.3, -0.25) is 9.20 Å². The lowest BCUT2D eigenvalue weighted by atomic mass is 9.89. The van der Waals surface area contributed by atoms with E-state index in [0.717, 1.165) is 18.9 Å². The minimum absolute atomic E-state index is 0. The molecule has 23 heavy (non-hydrogen) atoms. The Hall–Kier alpha value is 0.150. The molecule has 0 aromatic heterocycles. The van der Waals surface area contributed by atoms with Crippen LogP contribution in [0.3, 0.4) is 0 Å². The zero-order valence-corrected chi connectivity index (χ0v) is 19.4. The van der Waals surface area contributed by atoms with E-state index < -0.39 is 10.8 Å². The number of hydrogen-bond acceptors (Lipinski definition) is 2. The number of hydrogen-bond donors (Lipinski definition) is 2. The monoisotopic (exact) mass is 459 g/mol. The summed E-state index contributed by atoms with van der Waals surface area (Å²) in [5, 5.41) is 6.71. The molecule has 6 heteroatoms. The third-order valence-corrected chi connectivity index (χ3v) is 5.20. The van der Waals surface area contributed by atoms with E-state index >= 15 is 0 Å². The number of nitrogens with zero attached hydrogens (tertiary/aromatic N) is 1. The minimum atomic E-state index is -0.848. The molecule has 2 atom stereocenters. The lowest BCUT2D eigenvalue weighted by molar-refractivity contribution is 0.346. The summed E-state index contributed by atoms with van der Waals surface area (Å²) in [5.41, 5.74) is 0.356. The van der Waals surface area contributed by atoms with Crippen molar-refractivity contribution in [3.8, 4) is 0 Å². The molecule has 0 aliphatic rings. The zero-order valence-electron chi connectivity index (χ0n) is 16.3. The fourth-order valence-electron chi connectivity index (χ4n) is 1.82. The van der Waals surface area contributed by atoms with Crippen LogP contribution in [0.25, 0.3) is 0 Å². The van der Waals surface area contributed by atoms with Gasteiger partial charge in [-0.15, -0.1) is 24.0 Å². The van der Waals surface area contributed by atoms with Crippen LogP contribution >= 0.6 is 24.0 Å². The summed E-state index contributed by atoms with van der Waals surface area (Å²) in [6.45, 7) is 18.5. The molecular weight excluding hydrogens is 421 g/mol. The Bertz CT molecular complexity index is 373. The standard InChI is InChI=1S/C17H37N3OS.HI/c1-9-18-15(19-12-13-22(21)17(6,7)8)20-14(2)10-11-16(3,4)5;/h14H,9-13H2,1-8H3,(H2,18,19,20);1H. The lowest BCUT2D eigenvalue weighted by Gasteiger charge is -2.23. The van der Waals surface area contributed by atoms with E-state index in [0.29, 0.717) is 23.8 Å². The quantitative estimate of drug-likeness (QED) is 0.345. The molecule has 0 rings (SSSR count). The van der Waals surface area contributed by atoms with Crippen molar-refractivity contribution in [2.24, 2.45) is 10.4 Å². The number of rotatable bonds is 7. The minimum Gasteiger partial charge on any atom is -0.357 e. The van der Waals surface area contributed by atoms with Gasteiger partial charge in [0.25, 0.3) is 0 Å². The highest BCUT2D eigenvalue weighted by atomic mass is 127. The first-order valence-electron chi connectivity index (χ1n) is 8.39. The summed E-state index contributed by atoms with van der Waals surface area (Å²) in [6.07, 6.45) is 2.29. The molecule has 0 saturated heterocycles. The molecule has 0 fully saturated rings. The highest BCUT2D eigenvalue weighted by Crippen LogP contribution is 2.21. The van der Waals surface area contributed by atoms with Gasteiger partial charge in [0.2, 0.25) is 0 Å². The van der Waals surface area contributed by atoms with Crippen molar-refractivity contribution in [2.45, 2.75) is 79.0 Å². The molecule has 2 unspecified atom stereocenters. The van der Waals surface area contributed by atoms with Crippen molar-refractivity contribution in [3.63, 3.8) is 0 Å². The van der Waals surface area contributed by atoms with Crippen LogP contribution in [0.15, 0.2) is 4.99 Å². The Morgan fingerprint density at radius 2 is 1.74 bits per heavy atom. The molecule has 0 radical (unpaired) electrons. The highest BCUT2D eigenvalue weighted by molar-refractivity contribution is 14.0. The molecule has 0 aliphatic heterocycles. The van der Waals surface area contributed by atoms with Gasteiger partial charge in [-0.2, -0.15) is 0 Å². The largest absolute Gasteiger partial charge is 0.357 e.